The van der Waals surface area contributed by atoms with Crippen LogP contribution in [0.1, 0.15) is 17.2 Å². The summed E-state index contributed by atoms with van der Waals surface area (Å²) >= 11 is 5.82. The number of nitrogens with zero attached hydrogens (tertiary/aromatic N) is 2. The first-order valence-corrected chi connectivity index (χ1v) is 7.05. The number of aliphatic imine (C=N–C) groups is 1. The van der Waals surface area contributed by atoms with Crippen LogP contribution in [0.25, 0.3) is 0 Å². The van der Waals surface area contributed by atoms with E-state index in [0.717, 1.165) is 11.3 Å². The lowest BCUT2D eigenvalue weighted by Crippen LogP contribution is -2.36. The summed E-state index contributed by atoms with van der Waals surface area (Å²) in [5.74, 6) is 0.0648. The van der Waals surface area contributed by atoms with Gasteiger partial charge in [0, 0.05) is 16.3 Å². The SMILES string of the molecule is Cc1cccc(N2C(N)=NCC2c2ccc(Cl)cc2F)c1. The van der Waals surface area contributed by atoms with Gasteiger partial charge in [0.1, 0.15) is 5.82 Å². The van der Waals surface area contributed by atoms with Gasteiger partial charge >= 0.3 is 0 Å². The van der Waals surface area contributed by atoms with Gasteiger partial charge in [-0.2, -0.15) is 0 Å². The van der Waals surface area contributed by atoms with E-state index in [0.29, 0.717) is 23.1 Å². The molecule has 0 aliphatic carbocycles. The average molecular weight is 304 g/mol. The minimum atomic E-state index is -0.338. The summed E-state index contributed by atoms with van der Waals surface area (Å²) in [6.45, 7) is 2.43. The number of guanidine groups is 1. The number of anilines is 1. The summed E-state index contributed by atoms with van der Waals surface area (Å²) in [6, 6.07) is 12.4. The third-order valence-electron chi connectivity index (χ3n) is 3.59. The van der Waals surface area contributed by atoms with Crippen molar-refractivity contribution in [3.8, 4) is 0 Å². The molecule has 0 aromatic heterocycles. The van der Waals surface area contributed by atoms with Crippen LogP contribution in [0.2, 0.25) is 5.02 Å². The third-order valence-corrected chi connectivity index (χ3v) is 3.82. The quantitative estimate of drug-likeness (QED) is 0.920. The molecule has 5 heteroatoms. The van der Waals surface area contributed by atoms with Crippen molar-refractivity contribution in [1.29, 1.82) is 0 Å². The predicted molar refractivity (Wildman–Crippen MR) is 84.3 cm³/mol. The van der Waals surface area contributed by atoms with Crippen molar-refractivity contribution in [2.75, 3.05) is 11.4 Å². The molecule has 108 valence electrons. The summed E-state index contributed by atoms with van der Waals surface area (Å²) in [7, 11) is 0. The molecule has 3 nitrogen and oxygen atoms in total. The largest absolute Gasteiger partial charge is 0.369 e. The molecule has 2 N–H and O–H groups in total. The van der Waals surface area contributed by atoms with Crippen molar-refractivity contribution in [3.63, 3.8) is 0 Å². The standard InChI is InChI=1S/C16H15ClFN3/c1-10-3-2-4-12(7-10)21-15(9-20-16(21)19)13-6-5-11(17)8-14(13)18/h2-8,15H,9H2,1H3,(H2,19,20). The van der Waals surface area contributed by atoms with E-state index in [1.807, 2.05) is 36.1 Å². The number of nitrogens with two attached hydrogens (primary N) is 1. The second-order valence-corrected chi connectivity index (χ2v) is 5.53. The molecule has 2 aromatic carbocycles. The van der Waals surface area contributed by atoms with Gasteiger partial charge in [-0.3, -0.25) is 4.99 Å². The van der Waals surface area contributed by atoms with E-state index in [1.54, 1.807) is 12.1 Å². The Morgan fingerprint density at radius 2 is 2.10 bits per heavy atom. The maximum absolute atomic E-state index is 14.2. The molecule has 1 aliphatic heterocycles. The van der Waals surface area contributed by atoms with Crippen LogP contribution in [0.3, 0.4) is 0 Å². The average Bonchev–Trinajstić information content (AvgIpc) is 2.80. The minimum absolute atomic E-state index is 0.246. The maximum Gasteiger partial charge on any atom is 0.196 e. The molecule has 0 amide bonds. The van der Waals surface area contributed by atoms with E-state index >= 15 is 0 Å². The molecule has 0 saturated carbocycles. The Labute approximate surface area is 127 Å². The summed E-state index contributed by atoms with van der Waals surface area (Å²) < 4.78 is 14.2. The number of hydrogen-bond donors (Lipinski definition) is 1. The molecule has 0 radical (unpaired) electrons. The normalized spacial score (nSPS) is 18.0. The number of hydrogen-bond acceptors (Lipinski definition) is 3. The zero-order chi connectivity index (χ0) is 15.0. The van der Waals surface area contributed by atoms with E-state index in [9.17, 15) is 4.39 Å². The predicted octanol–water partition coefficient (Wildman–Crippen LogP) is 3.66. The zero-order valence-electron chi connectivity index (χ0n) is 11.6. The minimum Gasteiger partial charge on any atom is -0.369 e. The van der Waals surface area contributed by atoms with Crippen molar-refractivity contribution in [1.82, 2.24) is 0 Å². The number of benzene rings is 2. The van der Waals surface area contributed by atoms with Crippen LogP contribution >= 0.6 is 11.6 Å². The maximum atomic E-state index is 14.2. The summed E-state index contributed by atoms with van der Waals surface area (Å²) in [5.41, 5.74) is 8.57. The molecule has 1 heterocycles. The Balaban J connectivity index is 2.03. The van der Waals surface area contributed by atoms with Crippen LogP contribution in [0.15, 0.2) is 47.5 Å². The highest BCUT2D eigenvalue weighted by molar-refractivity contribution is 6.30. The first kappa shape index (κ1) is 13.9. The van der Waals surface area contributed by atoms with Crippen LogP contribution in [0, 0.1) is 12.7 Å². The van der Waals surface area contributed by atoms with Gasteiger partial charge in [-0.25, -0.2) is 4.39 Å². The van der Waals surface area contributed by atoms with Gasteiger partial charge in [0.05, 0.1) is 12.6 Å². The molecule has 0 fully saturated rings. The smallest absolute Gasteiger partial charge is 0.196 e. The summed E-state index contributed by atoms with van der Waals surface area (Å²) in [6.07, 6.45) is 0. The lowest BCUT2D eigenvalue weighted by Gasteiger charge is -2.27. The van der Waals surface area contributed by atoms with Crippen molar-refractivity contribution in [3.05, 3.63) is 64.4 Å². The van der Waals surface area contributed by atoms with Crippen LogP contribution < -0.4 is 10.6 Å². The van der Waals surface area contributed by atoms with E-state index in [-0.39, 0.29) is 11.9 Å². The van der Waals surface area contributed by atoms with E-state index < -0.39 is 0 Å². The number of rotatable bonds is 2. The van der Waals surface area contributed by atoms with Crippen LogP contribution in [-0.4, -0.2) is 12.5 Å². The molecule has 21 heavy (non-hydrogen) atoms. The molecule has 0 saturated heterocycles. The Hall–Kier alpha value is -2.07. The molecule has 1 unspecified atom stereocenters. The lowest BCUT2D eigenvalue weighted by molar-refractivity contribution is 0.589. The molecule has 1 atom stereocenters. The van der Waals surface area contributed by atoms with E-state index in [2.05, 4.69) is 4.99 Å². The fourth-order valence-electron chi connectivity index (χ4n) is 2.60. The van der Waals surface area contributed by atoms with Crippen molar-refractivity contribution >= 4 is 23.2 Å². The molecule has 0 spiro atoms. The number of aryl methyl sites for hydroxylation is 1. The third kappa shape index (κ3) is 2.59. The van der Waals surface area contributed by atoms with Gasteiger partial charge in [0.15, 0.2) is 5.96 Å². The fourth-order valence-corrected chi connectivity index (χ4v) is 2.76. The van der Waals surface area contributed by atoms with Gasteiger partial charge < -0.3 is 10.6 Å². The summed E-state index contributed by atoms with van der Waals surface area (Å²) in [5, 5.41) is 0.380. The monoisotopic (exact) mass is 303 g/mol. The topological polar surface area (TPSA) is 41.6 Å². The Bertz CT molecular complexity index is 714. The second-order valence-electron chi connectivity index (χ2n) is 5.09. The lowest BCUT2D eigenvalue weighted by atomic mass is 10.0. The highest BCUT2D eigenvalue weighted by Gasteiger charge is 2.30. The molecular weight excluding hydrogens is 289 g/mol. The Kier molecular flexibility index (Phi) is 3.55. The Morgan fingerprint density at radius 3 is 2.81 bits per heavy atom. The van der Waals surface area contributed by atoms with Gasteiger partial charge in [0.2, 0.25) is 0 Å². The van der Waals surface area contributed by atoms with Crippen molar-refractivity contribution < 1.29 is 4.39 Å². The van der Waals surface area contributed by atoms with Crippen LogP contribution in [0.5, 0.6) is 0 Å². The van der Waals surface area contributed by atoms with Gasteiger partial charge in [-0.05, 0) is 36.8 Å². The molecule has 2 aromatic rings. The first-order chi connectivity index (χ1) is 10.1. The van der Waals surface area contributed by atoms with Crippen LogP contribution in [-0.2, 0) is 0 Å². The number of halogens is 2. The van der Waals surface area contributed by atoms with E-state index in [1.165, 1.54) is 6.07 Å². The summed E-state index contributed by atoms with van der Waals surface area (Å²) in [4.78, 5) is 6.13. The zero-order valence-corrected chi connectivity index (χ0v) is 12.3. The highest BCUT2D eigenvalue weighted by atomic mass is 35.5. The molecular formula is C16H15ClFN3. The van der Waals surface area contributed by atoms with Gasteiger partial charge in [0.25, 0.3) is 0 Å². The van der Waals surface area contributed by atoms with Crippen molar-refractivity contribution in [2.45, 2.75) is 13.0 Å². The van der Waals surface area contributed by atoms with E-state index in [4.69, 9.17) is 17.3 Å². The molecule has 1 aliphatic rings. The Morgan fingerprint density at radius 1 is 1.29 bits per heavy atom. The first-order valence-electron chi connectivity index (χ1n) is 6.67. The second kappa shape index (κ2) is 5.37. The fraction of sp³-hybridized carbons (Fsp3) is 0.188. The van der Waals surface area contributed by atoms with Gasteiger partial charge in [-0.1, -0.05) is 29.8 Å². The van der Waals surface area contributed by atoms with Gasteiger partial charge in [-0.15, -0.1) is 0 Å². The van der Waals surface area contributed by atoms with Crippen molar-refractivity contribution in [2.24, 2.45) is 10.7 Å². The molecule has 3 rings (SSSR count). The molecule has 0 bridgehead atoms. The highest BCUT2D eigenvalue weighted by Crippen LogP contribution is 2.33. The van der Waals surface area contributed by atoms with Crippen LogP contribution in [0.4, 0.5) is 10.1 Å².